The molecular weight excluding hydrogens is 113 g/mol. The van der Waals surface area contributed by atoms with Crippen LogP contribution < -0.4 is 5.73 Å². The van der Waals surface area contributed by atoms with E-state index in [2.05, 4.69) is 0 Å². The normalized spacial score (nSPS) is 12.0. The van der Waals surface area contributed by atoms with Crippen LogP contribution in [0.1, 0.15) is 6.92 Å². The van der Waals surface area contributed by atoms with Gasteiger partial charge in [0.15, 0.2) is 0 Å². The van der Waals surface area contributed by atoms with E-state index >= 15 is 0 Å². The van der Waals surface area contributed by atoms with Gasteiger partial charge in [-0.2, -0.15) is 3.89 Å². The Morgan fingerprint density at radius 3 is 2.71 bits per heavy atom. The SMILES string of the molecule is C/C(N)=C/CSF. The molecule has 0 atom stereocenters. The summed E-state index contributed by atoms with van der Waals surface area (Å²) in [5.41, 5.74) is 5.83. The van der Waals surface area contributed by atoms with Crippen LogP contribution in [0.5, 0.6) is 0 Å². The van der Waals surface area contributed by atoms with Crippen molar-refractivity contribution in [1.29, 1.82) is 0 Å². The molecule has 0 aliphatic carbocycles. The summed E-state index contributed by atoms with van der Waals surface area (Å²) in [7, 11) is 0. The fraction of sp³-hybridized carbons (Fsp3) is 0.500. The Hall–Kier alpha value is -0.180. The van der Waals surface area contributed by atoms with Crippen molar-refractivity contribution in [3.05, 3.63) is 11.8 Å². The summed E-state index contributed by atoms with van der Waals surface area (Å²) in [6.07, 6.45) is 1.63. The molecule has 0 heterocycles. The molecule has 7 heavy (non-hydrogen) atoms. The number of hydrogen-bond donors (Lipinski definition) is 1. The van der Waals surface area contributed by atoms with E-state index in [-0.39, 0.29) is 12.1 Å². The molecule has 0 aromatic rings. The summed E-state index contributed by atoms with van der Waals surface area (Å²) in [5.74, 6) is 0.363. The number of hydrogen-bond acceptors (Lipinski definition) is 2. The van der Waals surface area contributed by atoms with Crippen LogP contribution in [0, 0.1) is 0 Å². The van der Waals surface area contributed by atoms with E-state index in [1.165, 1.54) is 0 Å². The van der Waals surface area contributed by atoms with Gasteiger partial charge in [-0.05, 0) is 6.92 Å². The van der Waals surface area contributed by atoms with Gasteiger partial charge < -0.3 is 5.73 Å². The molecule has 0 radical (unpaired) electrons. The van der Waals surface area contributed by atoms with Gasteiger partial charge in [0.1, 0.15) is 0 Å². The van der Waals surface area contributed by atoms with Gasteiger partial charge >= 0.3 is 0 Å². The third-order valence-electron chi connectivity index (χ3n) is 0.468. The Bertz CT molecular complexity index is 68.1. The molecule has 0 aliphatic heterocycles. The molecule has 0 aromatic heterocycles. The summed E-state index contributed by atoms with van der Waals surface area (Å²) in [6, 6.07) is 0. The van der Waals surface area contributed by atoms with Crippen LogP contribution in [0.4, 0.5) is 3.89 Å². The molecule has 0 rings (SSSR count). The highest BCUT2D eigenvalue weighted by Gasteiger charge is 1.76. The van der Waals surface area contributed by atoms with Crippen molar-refractivity contribution in [1.82, 2.24) is 0 Å². The summed E-state index contributed by atoms with van der Waals surface area (Å²) >= 11 is 0.274. The molecule has 0 bridgehead atoms. The minimum absolute atomic E-state index is 0.274. The topological polar surface area (TPSA) is 26.0 Å². The van der Waals surface area contributed by atoms with E-state index in [4.69, 9.17) is 5.73 Å². The highest BCUT2D eigenvalue weighted by atomic mass is 32.2. The minimum Gasteiger partial charge on any atom is -0.402 e. The van der Waals surface area contributed by atoms with E-state index in [0.717, 1.165) is 0 Å². The van der Waals surface area contributed by atoms with Gasteiger partial charge in [0.25, 0.3) is 0 Å². The fourth-order valence-electron chi connectivity index (χ4n) is 0.163. The molecule has 0 saturated heterocycles. The van der Waals surface area contributed by atoms with Crippen LogP contribution in [0.3, 0.4) is 0 Å². The molecule has 1 nitrogen and oxygen atoms in total. The van der Waals surface area contributed by atoms with Crippen molar-refractivity contribution < 1.29 is 3.89 Å². The van der Waals surface area contributed by atoms with Gasteiger partial charge in [-0.25, -0.2) is 0 Å². The predicted octanol–water partition coefficient (Wildman–Crippen LogP) is 1.47. The van der Waals surface area contributed by atoms with Crippen LogP contribution in [0.2, 0.25) is 0 Å². The average Bonchev–Trinajstić information content (AvgIpc) is 1.61. The average molecular weight is 121 g/mol. The number of halogens is 1. The quantitative estimate of drug-likeness (QED) is 0.598. The lowest BCUT2D eigenvalue weighted by Gasteiger charge is -1.83. The molecule has 0 aromatic carbocycles. The van der Waals surface area contributed by atoms with Gasteiger partial charge in [0.2, 0.25) is 0 Å². The molecule has 0 spiro atoms. The number of allylic oxidation sites excluding steroid dienone is 1. The van der Waals surface area contributed by atoms with Gasteiger partial charge in [-0.3, -0.25) is 0 Å². The molecule has 2 N–H and O–H groups in total. The first-order chi connectivity index (χ1) is 3.27. The summed E-state index contributed by atoms with van der Waals surface area (Å²) in [5, 5.41) is 0. The molecule has 0 saturated carbocycles. The minimum atomic E-state index is 0.274. The van der Waals surface area contributed by atoms with Crippen LogP contribution in [-0.4, -0.2) is 5.75 Å². The van der Waals surface area contributed by atoms with Gasteiger partial charge in [0.05, 0.1) is 0 Å². The van der Waals surface area contributed by atoms with Crippen molar-refractivity contribution in [2.45, 2.75) is 6.92 Å². The molecular formula is C4H8FNS. The second-order valence-electron chi connectivity index (χ2n) is 1.22. The van der Waals surface area contributed by atoms with Crippen LogP contribution in [0.15, 0.2) is 11.8 Å². The van der Waals surface area contributed by atoms with Gasteiger partial charge in [-0.15, -0.1) is 0 Å². The number of rotatable bonds is 2. The zero-order valence-corrected chi connectivity index (χ0v) is 4.96. The molecule has 0 unspecified atom stereocenters. The third kappa shape index (κ3) is 5.82. The van der Waals surface area contributed by atoms with Crippen molar-refractivity contribution >= 4 is 12.1 Å². The lowest BCUT2D eigenvalue weighted by Crippen LogP contribution is -1.89. The smallest absolute Gasteiger partial charge is 0.0485 e. The standard InChI is InChI=1S/C4H8FNS/c1-4(6)2-3-7-5/h2H,3,6H2,1H3/b4-2-. The lowest BCUT2D eigenvalue weighted by molar-refractivity contribution is 0.939. The van der Waals surface area contributed by atoms with Crippen molar-refractivity contribution in [2.75, 3.05) is 5.75 Å². The summed E-state index contributed by atoms with van der Waals surface area (Å²) < 4.78 is 11.2. The molecule has 0 aliphatic rings. The first-order valence-electron chi connectivity index (χ1n) is 1.93. The maximum Gasteiger partial charge on any atom is 0.0485 e. The van der Waals surface area contributed by atoms with Crippen LogP contribution in [0.25, 0.3) is 0 Å². The van der Waals surface area contributed by atoms with E-state index in [1.807, 2.05) is 0 Å². The Labute approximate surface area is 47.1 Å². The molecule has 0 amide bonds. The zero-order valence-electron chi connectivity index (χ0n) is 4.15. The summed E-state index contributed by atoms with van der Waals surface area (Å²) in [6.45, 7) is 1.73. The van der Waals surface area contributed by atoms with E-state index in [0.29, 0.717) is 11.4 Å². The Morgan fingerprint density at radius 1 is 2.00 bits per heavy atom. The Morgan fingerprint density at radius 2 is 2.57 bits per heavy atom. The first-order valence-corrected chi connectivity index (χ1v) is 2.81. The second-order valence-corrected chi connectivity index (χ2v) is 1.78. The van der Waals surface area contributed by atoms with E-state index < -0.39 is 0 Å². The zero-order chi connectivity index (χ0) is 5.70. The van der Waals surface area contributed by atoms with Crippen LogP contribution in [-0.2, 0) is 0 Å². The van der Waals surface area contributed by atoms with Crippen molar-refractivity contribution in [3.8, 4) is 0 Å². The maximum absolute atomic E-state index is 11.2. The second kappa shape index (κ2) is 3.99. The van der Waals surface area contributed by atoms with Crippen molar-refractivity contribution in [2.24, 2.45) is 5.73 Å². The fourth-order valence-corrected chi connectivity index (χ4v) is 0.489. The van der Waals surface area contributed by atoms with E-state index in [9.17, 15) is 3.89 Å². The Balaban J connectivity index is 3.08. The highest BCUT2D eigenvalue weighted by Crippen LogP contribution is 1.99. The Kier molecular flexibility index (Phi) is 3.89. The maximum atomic E-state index is 11.2. The lowest BCUT2D eigenvalue weighted by atomic mass is 10.5. The van der Waals surface area contributed by atoms with Gasteiger partial charge in [-0.1, -0.05) is 6.08 Å². The molecule has 0 fully saturated rings. The number of nitrogens with two attached hydrogens (primary N) is 1. The van der Waals surface area contributed by atoms with Gasteiger partial charge in [0, 0.05) is 23.6 Å². The molecule has 42 valence electrons. The summed E-state index contributed by atoms with van der Waals surface area (Å²) in [4.78, 5) is 0. The molecule has 3 heteroatoms. The van der Waals surface area contributed by atoms with E-state index in [1.54, 1.807) is 13.0 Å². The first kappa shape index (κ1) is 6.82. The largest absolute Gasteiger partial charge is 0.402 e. The van der Waals surface area contributed by atoms with Crippen molar-refractivity contribution in [3.63, 3.8) is 0 Å². The highest BCUT2D eigenvalue weighted by molar-refractivity contribution is 7.94. The third-order valence-corrected chi connectivity index (χ3v) is 0.761. The predicted molar refractivity (Wildman–Crippen MR) is 31.5 cm³/mol. The monoisotopic (exact) mass is 121 g/mol. The van der Waals surface area contributed by atoms with Crippen LogP contribution >= 0.6 is 12.1 Å².